The molecule has 0 amide bonds. The van der Waals surface area contributed by atoms with Crippen LogP contribution in [0.15, 0.2) is 29.4 Å². The van der Waals surface area contributed by atoms with Crippen molar-refractivity contribution >= 4 is 16.0 Å². The molecule has 1 saturated heterocycles. The van der Waals surface area contributed by atoms with E-state index in [0.29, 0.717) is 0 Å². The number of nitrogens with zero attached hydrogens (tertiary/aromatic N) is 2. The minimum Gasteiger partial charge on any atom is -0.481 e. The Bertz CT molecular complexity index is 543. The molecule has 18 heavy (non-hydrogen) atoms. The van der Waals surface area contributed by atoms with Gasteiger partial charge in [0.1, 0.15) is 4.90 Å². The monoisotopic (exact) mass is 270 g/mol. The fourth-order valence-corrected chi connectivity index (χ4v) is 3.62. The van der Waals surface area contributed by atoms with Crippen LogP contribution in [0.4, 0.5) is 0 Å². The predicted molar refractivity (Wildman–Crippen MR) is 63.3 cm³/mol. The molecule has 98 valence electrons. The Kier molecular flexibility index (Phi) is 3.36. The molecule has 1 aliphatic rings. The Balaban J connectivity index is 2.26. The van der Waals surface area contributed by atoms with Crippen molar-refractivity contribution in [2.45, 2.75) is 11.8 Å². The van der Waals surface area contributed by atoms with E-state index in [9.17, 15) is 13.2 Å². The van der Waals surface area contributed by atoms with Crippen LogP contribution >= 0.6 is 0 Å². The van der Waals surface area contributed by atoms with Gasteiger partial charge in [0.25, 0.3) is 0 Å². The van der Waals surface area contributed by atoms with Gasteiger partial charge in [0, 0.05) is 25.5 Å². The standard InChI is InChI=1S/C11H14N2O4S/c1-8-6-13(7-10(8)11(14)15)18(16,17)9-3-2-4-12-5-9/h2-5,8,10H,6-7H2,1H3,(H,14,15)/t8-,10-/m1/s1. The number of carbonyl (C=O) groups is 1. The van der Waals surface area contributed by atoms with Crippen LogP contribution in [0.5, 0.6) is 0 Å². The number of carboxylic acids is 1. The molecule has 7 heteroatoms. The molecule has 0 saturated carbocycles. The molecule has 0 bridgehead atoms. The third-order valence-electron chi connectivity index (χ3n) is 3.17. The molecular weight excluding hydrogens is 256 g/mol. The lowest BCUT2D eigenvalue weighted by Gasteiger charge is -2.15. The molecule has 2 atom stereocenters. The van der Waals surface area contributed by atoms with Crippen LogP contribution in [0.25, 0.3) is 0 Å². The molecule has 0 radical (unpaired) electrons. The highest BCUT2D eigenvalue weighted by atomic mass is 32.2. The van der Waals surface area contributed by atoms with Crippen molar-refractivity contribution in [3.05, 3.63) is 24.5 Å². The zero-order valence-electron chi connectivity index (χ0n) is 9.85. The fourth-order valence-electron chi connectivity index (χ4n) is 2.09. The van der Waals surface area contributed by atoms with E-state index < -0.39 is 21.9 Å². The summed E-state index contributed by atoms with van der Waals surface area (Å²) < 4.78 is 25.7. The van der Waals surface area contributed by atoms with Crippen LogP contribution < -0.4 is 0 Å². The van der Waals surface area contributed by atoms with Crippen molar-refractivity contribution in [3.63, 3.8) is 0 Å². The van der Waals surface area contributed by atoms with Gasteiger partial charge in [-0.3, -0.25) is 9.78 Å². The van der Waals surface area contributed by atoms with Gasteiger partial charge in [0.2, 0.25) is 10.0 Å². The molecule has 0 aliphatic carbocycles. The second-order valence-corrected chi connectivity index (χ2v) is 6.37. The van der Waals surface area contributed by atoms with Gasteiger partial charge in [-0.25, -0.2) is 8.42 Å². The molecule has 2 rings (SSSR count). The summed E-state index contributed by atoms with van der Waals surface area (Å²) in [6, 6.07) is 3.00. The Morgan fingerprint density at radius 2 is 2.22 bits per heavy atom. The van der Waals surface area contributed by atoms with Crippen molar-refractivity contribution in [1.29, 1.82) is 0 Å². The maximum Gasteiger partial charge on any atom is 0.308 e. The van der Waals surface area contributed by atoms with Crippen LogP contribution in [-0.2, 0) is 14.8 Å². The fraction of sp³-hybridized carbons (Fsp3) is 0.455. The molecule has 1 aromatic rings. The van der Waals surface area contributed by atoms with Crippen molar-refractivity contribution in [3.8, 4) is 0 Å². The highest BCUT2D eigenvalue weighted by Crippen LogP contribution is 2.28. The lowest BCUT2D eigenvalue weighted by Crippen LogP contribution is -2.30. The lowest BCUT2D eigenvalue weighted by atomic mass is 9.99. The summed E-state index contributed by atoms with van der Waals surface area (Å²) in [5, 5.41) is 9.00. The first-order valence-electron chi connectivity index (χ1n) is 5.56. The van der Waals surface area contributed by atoms with Crippen LogP contribution in [0.2, 0.25) is 0 Å². The van der Waals surface area contributed by atoms with Gasteiger partial charge in [0.15, 0.2) is 0 Å². The average Bonchev–Trinajstić information content (AvgIpc) is 2.73. The first kappa shape index (κ1) is 13.0. The SMILES string of the molecule is C[C@@H]1CN(S(=O)(=O)c2cccnc2)C[C@H]1C(=O)O. The maximum atomic E-state index is 12.2. The van der Waals surface area contributed by atoms with E-state index in [1.807, 2.05) is 0 Å². The summed E-state index contributed by atoms with van der Waals surface area (Å²) in [6.07, 6.45) is 2.76. The van der Waals surface area contributed by atoms with Gasteiger partial charge in [-0.15, -0.1) is 0 Å². The Hall–Kier alpha value is -1.47. The first-order valence-corrected chi connectivity index (χ1v) is 7.00. The van der Waals surface area contributed by atoms with Crippen LogP contribution in [-0.4, -0.2) is 41.9 Å². The number of sulfonamides is 1. The summed E-state index contributed by atoms with van der Waals surface area (Å²) in [4.78, 5) is 14.9. The minimum atomic E-state index is -3.63. The van der Waals surface area contributed by atoms with E-state index in [1.54, 1.807) is 13.0 Å². The minimum absolute atomic E-state index is 0.0216. The highest BCUT2D eigenvalue weighted by molar-refractivity contribution is 7.89. The number of aromatic nitrogens is 1. The van der Waals surface area contributed by atoms with Crippen LogP contribution in [0, 0.1) is 11.8 Å². The summed E-state index contributed by atoms with van der Waals surface area (Å²) in [5.41, 5.74) is 0. The number of rotatable bonds is 3. The molecule has 0 aromatic carbocycles. The van der Waals surface area contributed by atoms with Crippen molar-refractivity contribution < 1.29 is 18.3 Å². The summed E-state index contributed by atoms with van der Waals surface area (Å²) in [5.74, 6) is -1.78. The average molecular weight is 270 g/mol. The Morgan fingerprint density at radius 3 is 2.72 bits per heavy atom. The molecule has 2 heterocycles. The first-order chi connectivity index (χ1) is 8.43. The van der Waals surface area contributed by atoms with E-state index in [-0.39, 0.29) is 23.9 Å². The van der Waals surface area contributed by atoms with Gasteiger partial charge in [0.05, 0.1) is 5.92 Å². The lowest BCUT2D eigenvalue weighted by molar-refractivity contribution is -0.142. The van der Waals surface area contributed by atoms with Gasteiger partial charge < -0.3 is 5.11 Å². The van der Waals surface area contributed by atoms with Crippen LogP contribution in [0.1, 0.15) is 6.92 Å². The molecule has 1 N–H and O–H groups in total. The molecule has 0 spiro atoms. The van der Waals surface area contributed by atoms with Gasteiger partial charge in [-0.1, -0.05) is 6.92 Å². The Labute approximate surface area is 105 Å². The van der Waals surface area contributed by atoms with E-state index in [1.165, 1.54) is 22.8 Å². The Morgan fingerprint density at radius 1 is 1.50 bits per heavy atom. The van der Waals surface area contributed by atoms with Crippen molar-refractivity contribution in [1.82, 2.24) is 9.29 Å². The smallest absolute Gasteiger partial charge is 0.308 e. The molecule has 6 nitrogen and oxygen atoms in total. The van der Waals surface area contributed by atoms with E-state index in [4.69, 9.17) is 5.11 Å². The van der Waals surface area contributed by atoms with Gasteiger partial charge in [-0.05, 0) is 18.1 Å². The zero-order valence-corrected chi connectivity index (χ0v) is 10.7. The summed E-state index contributed by atoms with van der Waals surface area (Å²) in [7, 11) is -3.63. The third kappa shape index (κ3) is 2.23. The third-order valence-corrected chi connectivity index (χ3v) is 4.98. The quantitative estimate of drug-likeness (QED) is 0.860. The second-order valence-electron chi connectivity index (χ2n) is 4.43. The van der Waals surface area contributed by atoms with Crippen molar-refractivity contribution in [2.24, 2.45) is 11.8 Å². The largest absolute Gasteiger partial charge is 0.481 e. The maximum absolute atomic E-state index is 12.2. The number of hydrogen-bond acceptors (Lipinski definition) is 4. The van der Waals surface area contributed by atoms with Crippen molar-refractivity contribution in [2.75, 3.05) is 13.1 Å². The molecule has 1 aromatic heterocycles. The number of carboxylic acid groups (broad SMARTS) is 1. The highest BCUT2D eigenvalue weighted by Gasteiger charge is 2.40. The number of hydrogen-bond donors (Lipinski definition) is 1. The van der Waals surface area contributed by atoms with E-state index in [2.05, 4.69) is 4.98 Å². The topological polar surface area (TPSA) is 87.6 Å². The number of aliphatic carboxylic acids is 1. The summed E-state index contributed by atoms with van der Waals surface area (Å²) in [6.45, 7) is 2.00. The zero-order chi connectivity index (χ0) is 13.3. The molecule has 1 aliphatic heterocycles. The van der Waals surface area contributed by atoms with Gasteiger partial charge in [-0.2, -0.15) is 4.31 Å². The molecular formula is C11H14N2O4S. The van der Waals surface area contributed by atoms with E-state index in [0.717, 1.165) is 0 Å². The summed E-state index contributed by atoms with van der Waals surface area (Å²) >= 11 is 0. The number of pyridine rings is 1. The molecule has 1 fully saturated rings. The van der Waals surface area contributed by atoms with Crippen LogP contribution in [0.3, 0.4) is 0 Å². The molecule has 0 unspecified atom stereocenters. The second kappa shape index (κ2) is 4.66. The predicted octanol–water partition coefficient (Wildman–Crippen LogP) is 0.423. The normalized spacial score (nSPS) is 25.2. The van der Waals surface area contributed by atoms with E-state index >= 15 is 0 Å². The van der Waals surface area contributed by atoms with Gasteiger partial charge >= 0.3 is 5.97 Å².